The highest BCUT2D eigenvalue weighted by Crippen LogP contribution is 2.24. The number of rotatable bonds is 7. The molecule has 0 saturated carbocycles. The van der Waals surface area contributed by atoms with E-state index in [1.54, 1.807) is 13.2 Å². The second kappa shape index (κ2) is 10.2. The van der Waals surface area contributed by atoms with Gasteiger partial charge < -0.3 is 15.4 Å². The largest absolute Gasteiger partial charge is 0.377 e. The molecule has 0 atom stereocenters. The van der Waals surface area contributed by atoms with Gasteiger partial charge in [0.15, 0.2) is 5.96 Å². The van der Waals surface area contributed by atoms with Gasteiger partial charge in [-0.1, -0.05) is 32.0 Å². The SMILES string of the molecule is CCNC(=NCC(C)(C)OC)NCC(C)(C)c1ccccc1F.I. The minimum absolute atomic E-state index is 0. The zero-order valence-corrected chi connectivity index (χ0v) is 17.9. The van der Waals surface area contributed by atoms with Crippen LogP contribution in [-0.4, -0.2) is 38.3 Å². The Hall–Kier alpha value is -0.890. The molecule has 6 heteroatoms. The van der Waals surface area contributed by atoms with Crippen LogP contribution in [0.3, 0.4) is 0 Å². The molecule has 0 spiro atoms. The van der Waals surface area contributed by atoms with Gasteiger partial charge in [0.05, 0.1) is 12.1 Å². The second-order valence-corrected chi connectivity index (χ2v) is 6.88. The molecular formula is C18H31FIN3O. The molecule has 0 heterocycles. The summed E-state index contributed by atoms with van der Waals surface area (Å²) >= 11 is 0. The third kappa shape index (κ3) is 7.34. The number of nitrogens with one attached hydrogen (secondary N) is 2. The zero-order chi connectivity index (χ0) is 17.5. The summed E-state index contributed by atoms with van der Waals surface area (Å²) in [5, 5.41) is 6.51. The van der Waals surface area contributed by atoms with Crippen LogP contribution in [0.2, 0.25) is 0 Å². The maximum absolute atomic E-state index is 14.0. The Bertz CT molecular complexity index is 533. The molecule has 0 aliphatic heterocycles. The first kappa shape index (κ1) is 23.1. The van der Waals surface area contributed by atoms with Crippen molar-refractivity contribution in [1.29, 1.82) is 0 Å². The highest BCUT2D eigenvalue weighted by molar-refractivity contribution is 14.0. The standard InChI is InChI=1S/C18H30FN3O.HI/c1-7-20-16(22-13-18(4,5)23-6)21-12-17(2,3)14-10-8-9-11-15(14)19;/h8-11H,7,12-13H2,1-6H3,(H2,20,21,22);1H. The molecule has 1 rings (SSSR count). The fourth-order valence-corrected chi connectivity index (χ4v) is 2.09. The van der Waals surface area contributed by atoms with Gasteiger partial charge in [0.2, 0.25) is 0 Å². The van der Waals surface area contributed by atoms with E-state index in [0.717, 1.165) is 6.54 Å². The van der Waals surface area contributed by atoms with Gasteiger partial charge in [-0.3, -0.25) is 4.99 Å². The van der Waals surface area contributed by atoms with E-state index in [1.807, 2.05) is 46.8 Å². The number of guanidine groups is 1. The summed E-state index contributed by atoms with van der Waals surface area (Å²) in [6.07, 6.45) is 0. The van der Waals surface area contributed by atoms with Crippen LogP contribution in [0.4, 0.5) is 4.39 Å². The van der Waals surface area contributed by atoms with E-state index in [1.165, 1.54) is 6.07 Å². The Labute approximate surface area is 162 Å². The van der Waals surface area contributed by atoms with Crippen LogP contribution < -0.4 is 10.6 Å². The van der Waals surface area contributed by atoms with Crippen LogP contribution >= 0.6 is 24.0 Å². The predicted octanol–water partition coefficient (Wildman–Crippen LogP) is 3.70. The number of aliphatic imine (C=N–C) groups is 1. The van der Waals surface area contributed by atoms with E-state index >= 15 is 0 Å². The molecule has 0 amide bonds. The van der Waals surface area contributed by atoms with Crippen LogP contribution in [0, 0.1) is 5.82 Å². The van der Waals surface area contributed by atoms with Crippen molar-refractivity contribution in [3.05, 3.63) is 35.6 Å². The van der Waals surface area contributed by atoms with E-state index in [4.69, 9.17) is 4.74 Å². The summed E-state index contributed by atoms with van der Waals surface area (Å²) in [6.45, 7) is 11.9. The van der Waals surface area contributed by atoms with Gasteiger partial charge in [-0.15, -0.1) is 24.0 Å². The maximum atomic E-state index is 14.0. The van der Waals surface area contributed by atoms with Gasteiger partial charge in [-0.05, 0) is 32.4 Å². The van der Waals surface area contributed by atoms with Gasteiger partial charge in [-0.25, -0.2) is 4.39 Å². The van der Waals surface area contributed by atoms with Gasteiger partial charge in [0.25, 0.3) is 0 Å². The molecule has 0 radical (unpaired) electrons. The highest BCUT2D eigenvalue weighted by atomic mass is 127. The van der Waals surface area contributed by atoms with Crippen molar-refractivity contribution in [3.63, 3.8) is 0 Å². The quantitative estimate of drug-likeness (QED) is 0.378. The summed E-state index contributed by atoms with van der Waals surface area (Å²) in [5.41, 5.74) is 0.0300. The van der Waals surface area contributed by atoms with E-state index in [0.29, 0.717) is 24.6 Å². The number of halogens is 2. The Morgan fingerprint density at radius 2 is 1.79 bits per heavy atom. The highest BCUT2D eigenvalue weighted by Gasteiger charge is 2.24. The molecule has 1 aromatic rings. The molecule has 24 heavy (non-hydrogen) atoms. The van der Waals surface area contributed by atoms with Crippen molar-refractivity contribution >= 4 is 29.9 Å². The van der Waals surface area contributed by atoms with E-state index < -0.39 is 0 Å². The minimum atomic E-state index is -0.349. The molecule has 0 fully saturated rings. The van der Waals surface area contributed by atoms with Crippen molar-refractivity contribution in [2.75, 3.05) is 26.7 Å². The maximum Gasteiger partial charge on any atom is 0.191 e. The fourth-order valence-electron chi connectivity index (χ4n) is 2.09. The lowest BCUT2D eigenvalue weighted by atomic mass is 9.84. The minimum Gasteiger partial charge on any atom is -0.377 e. The van der Waals surface area contributed by atoms with Gasteiger partial charge >= 0.3 is 0 Å². The van der Waals surface area contributed by atoms with Crippen LogP contribution in [-0.2, 0) is 10.2 Å². The van der Waals surface area contributed by atoms with Crippen molar-refractivity contribution in [1.82, 2.24) is 10.6 Å². The number of hydrogen-bond donors (Lipinski definition) is 2. The van der Waals surface area contributed by atoms with Crippen LogP contribution in [0.5, 0.6) is 0 Å². The lowest BCUT2D eigenvalue weighted by molar-refractivity contribution is 0.0310. The number of hydrogen-bond acceptors (Lipinski definition) is 2. The molecule has 1 aromatic carbocycles. The number of nitrogens with zero attached hydrogens (tertiary/aromatic N) is 1. The van der Waals surface area contributed by atoms with E-state index in [-0.39, 0.29) is 40.8 Å². The molecule has 0 aromatic heterocycles. The molecule has 0 aliphatic carbocycles. The van der Waals surface area contributed by atoms with Gasteiger partial charge in [-0.2, -0.15) is 0 Å². The van der Waals surface area contributed by atoms with E-state index in [9.17, 15) is 4.39 Å². The first-order valence-electron chi connectivity index (χ1n) is 8.04. The number of benzene rings is 1. The van der Waals surface area contributed by atoms with Crippen LogP contribution in [0.1, 0.15) is 40.2 Å². The molecule has 0 bridgehead atoms. The fraction of sp³-hybridized carbons (Fsp3) is 0.611. The first-order valence-corrected chi connectivity index (χ1v) is 8.04. The second-order valence-electron chi connectivity index (χ2n) is 6.88. The van der Waals surface area contributed by atoms with Crippen molar-refractivity contribution in [2.45, 2.75) is 45.6 Å². The van der Waals surface area contributed by atoms with Crippen molar-refractivity contribution in [2.24, 2.45) is 4.99 Å². The Kier molecular flexibility index (Phi) is 9.80. The average Bonchev–Trinajstić information content (AvgIpc) is 2.50. The molecule has 0 saturated heterocycles. The summed E-state index contributed by atoms with van der Waals surface area (Å²) in [6, 6.07) is 6.90. The Morgan fingerprint density at radius 1 is 1.17 bits per heavy atom. The van der Waals surface area contributed by atoms with Crippen molar-refractivity contribution in [3.8, 4) is 0 Å². The van der Waals surface area contributed by atoms with E-state index in [2.05, 4.69) is 15.6 Å². The predicted molar refractivity (Wildman–Crippen MR) is 110 cm³/mol. The monoisotopic (exact) mass is 451 g/mol. The normalized spacial score (nSPS) is 12.5. The molecular weight excluding hydrogens is 420 g/mol. The van der Waals surface area contributed by atoms with Gasteiger partial charge in [0, 0.05) is 25.6 Å². The number of methoxy groups -OCH3 is 1. The molecule has 2 N–H and O–H groups in total. The summed E-state index contributed by atoms with van der Waals surface area (Å²) in [4.78, 5) is 4.55. The van der Waals surface area contributed by atoms with Crippen molar-refractivity contribution < 1.29 is 9.13 Å². The summed E-state index contributed by atoms with van der Waals surface area (Å²) < 4.78 is 19.4. The summed E-state index contributed by atoms with van der Waals surface area (Å²) in [7, 11) is 1.68. The zero-order valence-electron chi connectivity index (χ0n) is 15.6. The first-order chi connectivity index (χ1) is 10.7. The molecule has 0 unspecified atom stereocenters. The Morgan fingerprint density at radius 3 is 2.33 bits per heavy atom. The summed E-state index contributed by atoms with van der Waals surface area (Å²) in [5.74, 6) is 0.531. The Balaban J connectivity index is 0.00000529. The lowest BCUT2D eigenvalue weighted by Gasteiger charge is -2.27. The van der Waals surface area contributed by atoms with Gasteiger partial charge in [0.1, 0.15) is 5.82 Å². The molecule has 4 nitrogen and oxygen atoms in total. The third-order valence-electron chi connectivity index (χ3n) is 3.82. The average molecular weight is 451 g/mol. The lowest BCUT2D eigenvalue weighted by Crippen LogP contribution is -2.44. The topological polar surface area (TPSA) is 45.7 Å². The number of ether oxygens (including phenoxy) is 1. The van der Waals surface area contributed by atoms with Crippen LogP contribution in [0.25, 0.3) is 0 Å². The molecule has 138 valence electrons. The molecule has 0 aliphatic rings. The smallest absolute Gasteiger partial charge is 0.191 e. The van der Waals surface area contributed by atoms with Crippen LogP contribution in [0.15, 0.2) is 29.3 Å². The third-order valence-corrected chi connectivity index (χ3v) is 3.82.